The lowest BCUT2D eigenvalue weighted by molar-refractivity contribution is 0.408. The van der Waals surface area contributed by atoms with Crippen LogP contribution in [0, 0.1) is 5.92 Å². The van der Waals surface area contributed by atoms with E-state index in [9.17, 15) is 0 Å². The van der Waals surface area contributed by atoms with Crippen LogP contribution in [0.15, 0.2) is 29.2 Å². The number of benzene rings is 1. The van der Waals surface area contributed by atoms with E-state index in [0.29, 0.717) is 0 Å². The summed E-state index contributed by atoms with van der Waals surface area (Å²) in [6.07, 6.45) is 3.83. The molecular formula is C14H21NS. The van der Waals surface area contributed by atoms with E-state index in [4.69, 9.17) is 0 Å². The summed E-state index contributed by atoms with van der Waals surface area (Å²) in [7, 11) is 0. The number of thioether (sulfide) groups is 1. The predicted molar refractivity (Wildman–Crippen MR) is 72.1 cm³/mol. The highest BCUT2D eigenvalue weighted by Crippen LogP contribution is 2.25. The lowest BCUT2D eigenvalue weighted by atomic mass is 10.0. The van der Waals surface area contributed by atoms with Crippen molar-refractivity contribution in [2.75, 3.05) is 18.8 Å². The molecule has 0 bridgehead atoms. The van der Waals surface area contributed by atoms with Gasteiger partial charge in [-0.05, 0) is 56.0 Å². The van der Waals surface area contributed by atoms with Gasteiger partial charge in [0.15, 0.2) is 0 Å². The molecule has 0 atom stereocenters. The highest BCUT2D eigenvalue weighted by molar-refractivity contribution is 7.99. The third kappa shape index (κ3) is 3.53. The first-order valence-corrected chi connectivity index (χ1v) is 7.29. The monoisotopic (exact) mass is 235 g/mol. The van der Waals surface area contributed by atoms with Gasteiger partial charge in [-0.3, -0.25) is 0 Å². The summed E-state index contributed by atoms with van der Waals surface area (Å²) < 4.78 is 0. The normalized spacial score (nSPS) is 17.6. The van der Waals surface area contributed by atoms with Gasteiger partial charge in [-0.2, -0.15) is 0 Å². The van der Waals surface area contributed by atoms with Gasteiger partial charge in [0, 0.05) is 10.6 Å². The highest BCUT2D eigenvalue weighted by Gasteiger charge is 2.12. The Bertz CT molecular complexity index is 301. The zero-order valence-corrected chi connectivity index (χ0v) is 10.9. The number of aryl methyl sites for hydroxylation is 1. The van der Waals surface area contributed by atoms with Crippen LogP contribution in [0.5, 0.6) is 0 Å². The Morgan fingerprint density at radius 3 is 2.50 bits per heavy atom. The van der Waals surface area contributed by atoms with Crippen LogP contribution in [0.1, 0.15) is 25.3 Å². The van der Waals surface area contributed by atoms with Gasteiger partial charge in [0.25, 0.3) is 0 Å². The number of hydrogen-bond donors (Lipinski definition) is 1. The van der Waals surface area contributed by atoms with Gasteiger partial charge in [0.2, 0.25) is 0 Å². The van der Waals surface area contributed by atoms with Crippen molar-refractivity contribution in [2.45, 2.75) is 31.1 Å². The molecule has 1 saturated heterocycles. The van der Waals surface area contributed by atoms with Crippen LogP contribution in [-0.4, -0.2) is 18.8 Å². The van der Waals surface area contributed by atoms with Gasteiger partial charge in [-0.1, -0.05) is 19.1 Å². The SMILES string of the molecule is CCc1ccc(SCC2CCNCC2)cc1. The van der Waals surface area contributed by atoms with Gasteiger partial charge in [-0.15, -0.1) is 11.8 Å². The summed E-state index contributed by atoms with van der Waals surface area (Å²) in [5, 5.41) is 3.42. The van der Waals surface area contributed by atoms with E-state index in [-0.39, 0.29) is 0 Å². The van der Waals surface area contributed by atoms with Gasteiger partial charge < -0.3 is 5.32 Å². The van der Waals surface area contributed by atoms with Gasteiger partial charge >= 0.3 is 0 Å². The maximum absolute atomic E-state index is 3.42. The molecule has 1 aromatic rings. The van der Waals surface area contributed by atoms with Crippen LogP contribution in [0.3, 0.4) is 0 Å². The molecule has 1 aliphatic heterocycles. The summed E-state index contributed by atoms with van der Waals surface area (Å²) in [4.78, 5) is 1.43. The summed E-state index contributed by atoms with van der Waals surface area (Å²) in [5.74, 6) is 2.20. The third-order valence-corrected chi connectivity index (χ3v) is 4.52. The average Bonchev–Trinajstić information content (AvgIpc) is 2.38. The third-order valence-electron chi connectivity index (χ3n) is 3.28. The predicted octanol–water partition coefficient (Wildman–Crippen LogP) is 3.34. The van der Waals surface area contributed by atoms with Gasteiger partial charge in [-0.25, -0.2) is 0 Å². The van der Waals surface area contributed by atoms with E-state index in [1.807, 2.05) is 11.8 Å². The zero-order valence-electron chi connectivity index (χ0n) is 10.0. The van der Waals surface area contributed by atoms with E-state index in [2.05, 4.69) is 36.5 Å². The van der Waals surface area contributed by atoms with Gasteiger partial charge in [0.05, 0.1) is 0 Å². The minimum Gasteiger partial charge on any atom is -0.317 e. The van der Waals surface area contributed by atoms with Crippen molar-refractivity contribution >= 4 is 11.8 Å². The Labute approximate surface area is 103 Å². The van der Waals surface area contributed by atoms with Crippen molar-refractivity contribution in [3.05, 3.63) is 29.8 Å². The topological polar surface area (TPSA) is 12.0 Å². The Morgan fingerprint density at radius 2 is 1.88 bits per heavy atom. The lowest BCUT2D eigenvalue weighted by Crippen LogP contribution is -2.28. The fraction of sp³-hybridized carbons (Fsp3) is 0.571. The van der Waals surface area contributed by atoms with Crippen LogP contribution >= 0.6 is 11.8 Å². The van der Waals surface area contributed by atoms with Crippen LogP contribution in [0.4, 0.5) is 0 Å². The fourth-order valence-electron chi connectivity index (χ4n) is 2.08. The standard InChI is InChI=1S/C14H21NS/c1-2-12-3-5-14(6-4-12)16-11-13-7-9-15-10-8-13/h3-6,13,15H,2,7-11H2,1H3. The Balaban J connectivity index is 1.79. The van der Waals surface area contributed by atoms with Crippen molar-refractivity contribution in [3.63, 3.8) is 0 Å². The second-order valence-corrected chi connectivity index (χ2v) is 5.60. The second kappa shape index (κ2) is 6.31. The van der Waals surface area contributed by atoms with E-state index in [0.717, 1.165) is 12.3 Å². The molecule has 0 spiro atoms. The number of rotatable bonds is 4. The lowest BCUT2D eigenvalue weighted by Gasteiger charge is -2.22. The first-order chi connectivity index (χ1) is 7.88. The van der Waals surface area contributed by atoms with Crippen molar-refractivity contribution in [3.8, 4) is 0 Å². The first kappa shape index (κ1) is 12.0. The molecule has 0 unspecified atom stereocenters. The maximum Gasteiger partial charge on any atom is 0.00722 e. The van der Waals surface area contributed by atoms with Crippen LogP contribution in [0.2, 0.25) is 0 Å². The molecule has 1 N–H and O–H groups in total. The van der Waals surface area contributed by atoms with Crippen molar-refractivity contribution in [1.82, 2.24) is 5.32 Å². The number of piperidine rings is 1. The van der Waals surface area contributed by atoms with Crippen molar-refractivity contribution in [2.24, 2.45) is 5.92 Å². The fourth-order valence-corrected chi connectivity index (χ4v) is 3.17. The highest BCUT2D eigenvalue weighted by atomic mass is 32.2. The molecule has 0 amide bonds. The zero-order chi connectivity index (χ0) is 11.2. The minimum atomic E-state index is 0.914. The Morgan fingerprint density at radius 1 is 1.19 bits per heavy atom. The maximum atomic E-state index is 3.42. The summed E-state index contributed by atoms with van der Waals surface area (Å²) >= 11 is 2.02. The molecule has 1 heterocycles. The van der Waals surface area contributed by atoms with E-state index >= 15 is 0 Å². The molecule has 1 aliphatic rings. The Kier molecular flexibility index (Phi) is 4.73. The molecular weight excluding hydrogens is 214 g/mol. The quantitative estimate of drug-likeness (QED) is 0.803. The number of hydrogen-bond acceptors (Lipinski definition) is 2. The average molecular weight is 235 g/mol. The summed E-state index contributed by atoms with van der Waals surface area (Å²) in [6, 6.07) is 9.05. The van der Waals surface area contributed by atoms with Crippen molar-refractivity contribution in [1.29, 1.82) is 0 Å². The molecule has 2 rings (SSSR count). The molecule has 2 heteroatoms. The molecule has 16 heavy (non-hydrogen) atoms. The minimum absolute atomic E-state index is 0.914. The molecule has 1 aromatic carbocycles. The van der Waals surface area contributed by atoms with Crippen LogP contribution < -0.4 is 5.32 Å². The Hall–Kier alpha value is -0.470. The molecule has 0 aromatic heterocycles. The molecule has 1 nitrogen and oxygen atoms in total. The molecule has 88 valence electrons. The second-order valence-electron chi connectivity index (χ2n) is 4.50. The summed E-state index contributed by atoms with van der Waals surface area (Å²) in [6.45, 7) is 4.62. The summed E-state index contributed by atoms with van der Waals surface area (Å²) in [5.41, 5.74) is 1.44. The molecule has 0 aliphatic carbocycles. The molecule has 0 radical (unpaired) electrons. The number of nitrogens with one attached hydrogen (secondary N) is 1. The first-order valence-electron chi connectivity index (χ1n) is 6.31. The largest absolute Gasteiger partial charge is 0.317 e. The molecule has 0 saturated carbocycles. The van der Waals surface area contributed by atoms with Crippen molar-refractivity contribution < 1.29 is 0 Å². The van der Waals surface area contributed by atoms with Crippen LogP contribution in [-0.2, 0) is 6.42 Å². The van der Waals surface area contributed by atoms with E-state index in [1.54, 1.807) is 0 Å². The smallest absolute Gasteiger partial charge is 0.00722 e. The molecule has 1 fully saturated rings. The van der Waals surface area contributed by atoms with Gasteiger partial charge in [0.1, 0.15) is 0 Å². The van der Waals surface area contributed by atoms with E-state index < -0.39 is 0 Å². The van der Waals surface area contributed by atoms with Crippen LogP contribution in [0.25, 0.3) is 0 Å². The van der Waals surface area contributed by atoms with E-state index in [1.165, 1.54) is 42.1 Å².